The van der Waals surface area contributed by atoms with Gasteiger partial charge in [-0.3, -0.25) is 9.59 Å². The van der Waals surface area contributed by atoms with E-state index in [4.69, 9.17) is 16.3 Å². The molecule has 1 saturated heterocycles. The normalized spacial score (nSPS) is 16.4. The first kappa shape index (κ1) is 15.8. The first-order chi connectivity index (χ1) is 10.1. The van der Waals surface area contributed by atoms with Gasteiger partial charge in [0, 0.05) is 18.1 Å². The lowest BCUT2D eigenvalue weighted by Crippen LogP contribution is -2.50. The lowest BCUT2D eigenvalue weighted by molar-refractivity contribution is -0.139. The third-order valence-corrected chi connectivity index (χ3v) is 3.60. The van der Waals surface area contributed by atoms with Crippen molar-refractivity contribution in [3.63, 3.8) is 0 Å². The number of carbonyl (C=O) groups excluding carboxylic acids is 2. The number of hydrogen-bond acceptors (Lipinski definition) is 3. The van der Waals surface area contributed by atoms with Crippen LogP contribution in [0.5, 0.6) is 0 Å². The van der Waals surface area contributed by atoms with Gasteiger partial charge in [0.1, 0.15) is 6.04 Å². The van der Waals surface area contributed by atoms with Crippen LogP contribution in [0.3, 0.4) is 0 Å². The SMILES string of the molecule is C[C@@H](NC(=O)Cc1ccc(Cl)cc1)C(=O)N1CCOCC1. The number of nitrogens with zero attached hydrogens (tertiary/aromatic N) is 1. The van der Waals surface area contributed by atoms with Crippen LogP contribution in [0.1, 0.15) is 12.5 Å². The van der Waals surface area contributed by atoms with Crippen molar-refractivity contribution in [3.8, 4) is 0 Å². The fraction of sp³-hybridized carbons (Fsp3) is 0.467. The van der Waals surface area contributed by atoms with E-state index >= 15 is 0 Å². The summed E-state index contributed by atoms with van der Waals surface area (Å²) in [6.45, 7) is 3.97. The molecule has 1 heterocycles. The van der Waals surface area contributed by atoms with Gasteiger partial charge in [-0.15, -0.1) is 0 Å². The molecule has 6 heteroatoms. The fourth-order valence-corrected chi connectivity index (χ4v) is 2.33. The largest absolute Gasteiger partial charge is 0.378 e. The zero-order valence-corrected chi connectivity index (χ0v) is 12.7. The molecule has 2 rings (SSSR count). The van der Waals surface area contributed by atoms with Gasteiger partial charge in [-0.1, -0.05) is 23.7 Å². The number of benzene rings is 1. The first-order valence-corrected chi connectivity index (χ1v) is 7.34. The average molecular weight is 311 g/mol. The van der Waals surface area contributed by atoms with Gasteiger partial charge in [-0.25, -0.2) is 0 Å². The van der Waals surface area contributed by atoms with E-state index in [1.165, 1.54) is 0 Å². The standard InChI is InChI=1S/C15H19ClN2O3/c1-11(15(20)18-6-8-21-9-7-18)17-14(19)10-12-2-4-13(16)5-3-12/h2-5,11H,6-10H2,1H3,(H,17,19)/t11-/m1/s1. The van der Waals surface area contributed by atoms with E-state index in [0.717, 1.165) is 5.56 Å². The molecule has 1 aromatic carbocycles. The molecule has 1 aliphatic rings. The van der Waals surface area contributed by atoms with Crippen molar-refractivity contribution in [2.24, 2.45) is 0 Å². The van der Waals surface area contributed by atoms with Gasteiger partial charge < -0.3 is 15.0 Å². The fourth-order valence-electron chi connectivity index (χ4n) is 2.20. The Balaban J connectivity index is 1.83. The van der Waals surface area contributed by atoms with Crippen molar-refractivity contribution in [2.45, 2.75) is 19.4 Å². The van der Waals surface area contributed by atoms with Crippen LogP contribution in [0.4, 0.5) is 0 Å². The van der Waals surface area contributed by atoms with Crippen LogP contribution in [0.15, 0.2) is 24.3 Å². The number of carbonyl (C=O) groups is 2. The Hall–Kier alpha value is -1.59. The van der Waals surface area contributed by atoms with Crippen molar-refractivity contribution in [1.82, 2.24) is 10.2 Å². The van der Waals surface area contributed by atoms with E-state index < -0.39 is 6.04 Å². The quantitative estimate of drug-likeness (QED) is 0.910. The molecule has 1 fully saturated rings. The van der Waals surface area contributed by atoms with Crippen molar-refractivity contribution < 1.29 is 14.3 Å². The molecule has 5 nitrogen and oxygen atoms in total. The van der Waals surface area contributed by atoms with E-state index in [1.807, 2.05) is 0 Å². The number of halogens is 1. The predicted molar refractivity (Wildman–Crippen MR) is 80.2 cm³/mol. The molecule has 1 aliphatic heterocycles. The van der Waals surface area contributed by atoms with Gasteiger partial charge in [0.25, 0.3) is 0 Å². The molecular formula is C15H19ClN2O3. The Morgan fingerprint density at radius 3 is 2.52 bits per heavy atom. The second kappa shape index (κ2) is 7.43. The molecule has 0 saturated carbocycles. The number of nitrogens with one attached hydrogen (secondary N) is 1. The summed E-state index contributed by atoms with van der Waals surface area (Å²) in [7, 11) is 0. The zero-order chi connectivity index (χ0) is 15.2. The number of ether oxygens (including phenoxy) is 1. The molecule has 2 amide bonds. The maximum Gasteiger partial charge on any atom is 0.245 e. The molecule has 0 spiro atoms. The summed E-state index contributed by atoms with van der Waals surface area (Å²) in [6, 6.07) is 6.56. The second-order valence-corrected chi connectivity index (χ2v) is 5.47. The molecule has 1 aromatic rings. The topological polar surface area (TPSA) is 58.6 Å². The summed E-state index contributed by atoms with van der Waals surface area (Å²) in [4.78, 5) is 25.8. The molecule has 1 N–H and O–H groups in total. The molecule has 0 radical (unpaired) electrons. The zero-order valence-electron chi connectivity index (χ0n) is 12.0. The summed E-state index contributed by atoms with van der Waals surface area (Å²) < 4.78 is 5.21. The number of morpholine rings is 1. The van der Waals surface area contributed by atoms with Crippen molar-refractivity contribution in [1.29, 1.82) is 0 Å². The molecule has 1 atom stereocenters. The van der Waals surface area contributed by atoms with Gasteiger partial charge in [-0.2, -0.15) is 0 Å². The molecule has 0 aromatic heterocycles. The van der Waals surface area contributed by atoms with E-state index in [9.17, 15) is 9.59 Å². The van der Waals surface area contributed by atoms with Gasteiger partial charge in [0.2, 0.25) is 11.8 Å². The van der Waals surface area contributed by atoms with Crippen LogP contribution in [0.2, 0.25) is 5.02 Å². The Bertz CT molecular complexity index is 498. The van der Waals surface area contributed by atoms with E-state index in [1.54, 1.807) is 36.1 Å². The van der Waals surface area contributed by atoms with Crippen LogP contribution >= 0.6 is 11.6 Å². The highest BCUT2D eigenvalue weighted by Gasteiger charge is 2.23. The predicted octanol–water partition coefficient (Wildman–Crippen LogP) is 1.25. The number of hydrogen-bond donors (Lipinski definition) is 1. The Kier molecular flexibility index (Phi) is 5.59. The van der Waals surface area contributed by atoms with Gasteiger partial charge in [0.15, 0.2) is 0 Å². The minimum atomic E-state index is -0.525. The van der Waals surface area contributed by atoms with Gasteiger partial charge in [0.05, 0.1) is 19.6 Å². The Labute approximate surface area is 129 Å². The lowest BCUT2D eigenvalue weighted by Gasteiger charge is -2.29. The second-order valence-electron chi connectivity index (χ2n) is 5.03. The van der Waals surface area contributed by atoms with Crippen LogP contribution < -0.4 is 5.32 Å². The van der Waals surface area contributed by atoms with Crippen LogP contribution in [0, 0.1) is 0 Å². The minimum absolute atomic E-state index is 0.0669. The third kappa shape index (κ3) is 4.72. The summed E-state index contributed by atoms with van der Waals surface area (Å²) in [5.41, 5.74) is 0.864. The maximum absolute atomic E-state index is 12.2. The monoisotopic (exact) mass is 310 g/mol. The minimum Gasteiger partial charge on any atom is -0.378 e. The van der Waals surface area contributed by atoms with E-state index in [-0.39, 0.29) is 18.2 Å². The van der Waals surface area contributed by atoms with Gasteiger partial charge in [-0.05, 0) is 24.6 Å². The maximum atomic E-state index is 12.2. The number of rotatable bonds is 4. The molecular weight excluding hydrogens is 292 g/mol. The highest BCUT2D eigenvalue weighted by molar-refractivity contribution is 6.30. The van der Waals surface area contributed by atoms with Crippen LogP contribution in [-0.2, 0) is 20.7 Å². The van der Waals surface area contributed by atoms with Crippen LogP contribution in [-0.4, -0.2) is 49.1 Å². The van der Waals surface area contributed by atoms with E-state index in [0.29, 0.717) is 31.3 Å². The van der Waals surface area contributed by atoms with Crippen molar-refractivity contribution in [2.75, 3.05) is 26.3 Å². The Morgan fingerprint density at radius 1 is 1.29 bits per heavy atom. The van der Waals surface area contributed by atoms with Crippen LogP contribution in [0.25, 0.3) is 0 Å². The summed E-state index contributed by atoms with van der Waals surface area (Å²) in [5.74, 6) is -0.241. The summed E-state index contributed by atoms with van der Waals surface area (Å²) in [5, 5.41) is 3.37. The molecule has 114 valence electrons. The summed E-state index contributed by atoms with van der Waals surface area (Å²) >= 11 is 5.80. The third-order valence-electron chi connectivity index (χ3n) is 3.35. The number of amides is 2. The smallest absolute Gasteiger partial charge is 0.245 e. The molecule has 0 unspecified atom stereocenters. The highest BCUT2D eigenvalue weighted by atomic mass is 35.5. The van der Waals surface area contributed by atoms with Crippen molar-refractivity contribution >= 4 is 23.4 Å². The highest BCUT2D eigenvalue weighted by Crippen LogP contribution is 2.10. The van der Waals surface area contributed by atoms with Gasteiger partial charge >= 0.3 is 0 Å². The lowest BCUT2D eigenvalue weighted by atomic mass is 10.1. The molecule has 0 bridgehead atoms. The molecule has 0 aliphatic carbocycles. The summed E-state index contributed by atoms with van der Waals surface area (Å²) in [6.07, 6.45) is 0.234. The van der Waals surface area contributed by atoms with E-state index in [2.05, 4.69) is 5.32 Å². The average Bonchev–Trinajstić information content (AvgIpc) is 2.49. The first-order valence-electron chi connectivity index (χ1n) is 6.96. The molecule has 21 heavy (non-hydrogen) atoms. The Morgan fingerprint density at radius 2 is 1.90 bits per heavy atom. The van der Waals surface area contributed by atoms with Crippen molar-refractivity contribution in [3.05, 3.63) is 34.9 Å².